The van der Waals surface area contributed by atoms with Crippen LogP contribution in [-0.4, -0.2) is 18.0 Å². The van der Waals surface area contributed by atoms with Gasteiger partial charge in [0.2, 0.25) is 0 Å². The van der Waals surface area contributed by atoms with E-state index in [2.05, 4.69) is 0 Å². The van der Waals surface area contributed by atoms with Gasteiger partial charge in [-0.1, -0.05) is 11.6 Å². The Morgan fingerprint density at radius 3 is 2.08 bits per heavy atom. The molecule has 0 aliphatic carbocycles. The van der Waals surface area contributed by atoms with Crippen LogP contribution in [0.5, 0.6) is 0 Å². The monoisotopic (exact) mass is 249 g/mol. The van der Waals surface area contributed by atoms with Crippen LogP contribution in [-0.2, 0) is 4.57 Å². The SMILES string of the molecule is CCN(/C=C(\Cl)P(=O)(Cl)Cl)CC. The summed E-state index contributed by atoms with van der Waals surface area (Å²) in [6, 6.07) is 0. The molecule has 0 saturated carbocycles. The molecule has 0 unspecified atom stereocenters. The van der Waals surface area contributed by atoms with Gasteiger partial charge in [0.25, 0.3) is 5.85 Å². The lowest BCUT2D eigenvalue weighted by Gasteiger charge is -2.15. The van der Waals surface area contributed by atoms with Crippen molar-refractivity contribution in [2.24, 2.45) is 0 Å². The molecular weight excluding hydrogens is 239 g/mol. The molecule has 0 aliphatic heterocycles. The van der Waals surface area contributed by atoms with E-state index >= 15 is 0 Å². The minimum atomic E-state index is -3.31. The van der Waals surface area contributed by atoms with Crippen LogP contribution in [0.3, 0.4) is 0 Å². The third-order valence-corrected chi connectivity index (χ3v) is 4.39. The van der Waals surface area contributed by atoms with E-state index in [0.29, 0.717) is 0 Å². The maximum absolute atomic E-state index is 11.0. The van der Waals surface area contributed by atoms with Gasteiger partial charge in [0, 0.05) is 19.3 Å². The number of hydrogen-bond donors (Lipinski definition) is 0. The molecule has 0 aromatic heterocycles. The van der Waals surface area contributed by atoms with Crippen molar-refractivity contribution in [1.82, 2.24) is 4.90 Å². The molecule has 0 spiro atoms. The maximum atomic E-state index is 11.0. The van der Waals surface area contributed by atoms with Gasteiger partial charge in [0.1, 0.15) is 4.77 Å². The molecule has 0 heterocycles. The average Bonchev–Trinajstić information content (AvgIpc) is 1.97. The first kappa shape index (κ1) is 12.6. The fourth-order valence-electron chi connectivity index (χ4n) is 0.624. The minimum absolute atomic E-state index is 0.00883. The van der Waals surface area contributed by atoms with Crippen LogP contribution in [0.25, 0.3) is 0 Å². The molecule has 0 aliphatic rings. The smallest absolute Gasteiger partial charge is 0.294 e. The summed E-state index contributed by atoms with van der Waals surface area (Å²) in [6.45, 7) is 5.47. The molecule has 0 saturated heterocycles. The molecule has 2 nitrogen and oxygen atoms in total. The van der Waals surface area contributed by atoms with Gasteiger partial charge < -0.3 is 4.90 Å². The highest BCUT2D eigenvalue weighted by atomic mass is 35.9. The van der Waals surface area contributed by atoms with Crippen LogP contribution in [0, 0.1) is 0 Å². The summed E-state index contributed by atoms with van der Waals surface area (Å²) in [7, 11) is 0. The van der Waals surface area contributed by atoms with Gasteiger partial charge in [0.05, 0.1) is 0 Å². The molecule has 72 valence electrons. The van der Waals surface area contributed by atoms with Gasteiger partial charge in [0.15, 0.2) is 0 Å². The predicted molar refractivity (Wildman–Crippen MR) is 56.2 cm³/mol. The zero-order valence-corrected chi connectivity index (χ0v) is 10.1. The summed E-state index contributed by atoms with van der Waals surface area (Å²) in [6.07, 6.45) is 1.52. The van der Waals surface area contributed by atoms with Crippen molar-refractivity contribution in [1.29, 1.82) is 0 Å². The Hall–Kier alpha value is 0.640. The van der Waals surface area contributed by atoms with Crippen LogP contribution in [0.1, 0.15) is 13.8 Å². The maximum Gasteiger partial charge on any atom is 0.294 e. The number of nitrogens with zero attached hydrogens (tertiary/aromatic N) is 1. The Balaban J connectivity index is 4.44. The molecule has 0 fully saturated rings. The van der Waals surface area contributed by atoms with Gasteiger partial charge >= 0.3 is 0 Å². The summed E-state index contributed by atoms with van der Waals surface area (Å²) < 4.78 is 11.0. The molecule has 0 radical (unpaired) electrons. The van der Waals surface area contributed by atoms with E-state index in [-0.39, 0.29) is 4.77 Å². The van der Waals surface area contributed by atoms with E-state index in [1.54, 1.807) is 0 Å². The Kier molecular flexibility index (Phi) is 5.67. The van der Waals surface area contributed by atoms with Gasteiger partial charge in [-0.15, -0.1) is 0 Å². The Morgan fingerprint density at radius 2 is 1.83 bits per heavy atom. The van der Waals surface area contributed by atoms with Crippen molar-refractivity contribution in [3.05, 3.63) is 11.0 Å². The van der Waals surface area contributed by atoms with Crippen molar-refractivity contribution in [2.75, 3.05) is 13.1 Å². The molecule has 0 bridgehead atoms. The molecule has 0 amide bonds. The van der Waals surface area contributed by atoms with Crippen molar-refractivity contribution in [3.8, 4) is 0 Å². The van der Waals surface area contributed by atoms with E-state index in [0.717, 1.165) is 13.1 Å². The number of hydrogen-bond acceptors (Lipinski definition) is 2. The zero-order valence-electron chi connectivity index (χ0n) is 6.93. The topological polar surface area (TPSA) is 20.3 Å². The summed E-state index contributed by atoms with van der Waals surface area (Å²) in [4.78, 5) is 1.86. The summed E-state index contributed by atoms with van der Waals surface area (Å²) >= 11 is 16.3. The molecule has 0 aromatic carbocycles. The molecule has 0 aromatic rings. The third-order valence-electron chi connectivity index (χ3n) is 1.35. The summed E-state index contributed by atoms with van der Waals surface area (Å²) in [5, 5.41) is 0. The second kappa shape index (κ2) is 5.39. The van der Waals surface area contributed by atoms with Gasteiger partial charge in [-0.05, 0) is 36.3 Å². The van der Waals surface area contributed by atoms with Gasteiger partial charge in [-0.25, -0.2) is 0 Å². The molecular formula is C6H11Cl3NOP. The highest BCUT2D eigenvalue weighted by molar-refractivity contribution is 8.12. The van der Waals surface area contributed by atoms with E-state index < -0.39 is 5.85 Å². The van der Waals surface area contributed by atoms with E-state index in [1.807, 2.05) is 18.7 Å². The highest BCUT2D eigenvalue weighted by Crippen LogP contribution is 2.65. The molecule has 12 heavy (non-hydrogen) atoms. The van der Waals surface area contributed by atoms with Crippen molar-refractivity contribution >= 4 is 39.9 Å². The second-order valence-corrected chi connectivity index (χ2v) is 7.59. The van der Waals surface area contributed by atoms with Crippen LogP contribution in [0.2, 0.25) is 0 Å². The van der Waals surface area contributed by atoms with Crippen LogP contribution in [0.4, 0.5) is 0 Å². The first-order valence-electron chi connectivity index (χ1n) is 3.53. The van der Waals surface area contributed by atoms with E-state index in [4.69, 9.17) is 34.1 Å². The number of rotatable bonds is 4. The predicted octanol–water partition coefficient (Wildman–Crippen LogP) is 4.04. The van der Waals surface area contributed by atoms with Crippen molar-refractivity contribution in [2.45, 2.75) is 13.8 Å². The highest BCUT2D eigenvalue weighted by Gasteiger charge is 2.19. The third kappa shape index (κ3) is 4.61. The molecule has 0 atom stereocenters. The van der Waals surface area contributed by atoms with Crippen molar-refractivity contribution < 1.29 is 4.57 Å². The largest absolute Gasteiger partial charge is 0.377 e. The lowest BCUT2D eigenvalue weighted by molar-refractivity contribution is 0.418. The normalized spacial score (nSPS) is 13.2. The first-order chi connectivity index (χ1) is 5.41. The zero-order chi connectivity index (χ0) is 9.78. The van der Waals surface area contributed by atoms with Gasteiger partial charge in [-0.3, -0.25) is 4.57 Å². The lowest BCUT2D eigenvalue weighted by Crippen LogP contribution is -2.15. The first-order valence-corrected chi connectivity index (χ1v) is 7.42. The summed E-state index contributed by atoms with van der Waals surface area (Å²) in [5.41, 5.74) is 0. The Bertz CT molecular complexity index is 209. The van der Waals surface area contributed by atoms with Crippen molar-refractivity contribution in [3.63, 3.8) is 0 Å². The van der Waals surface area contributed by atoms with Crippen LogP contribution in [0.15, 0.2) is 11.0 Å². The van der Waals surface area contributed by atoms with E-state index in [1.165, 1.54) is 6.20 Å². The minimum Gasteiger partial charge on any atom is -0.377 e. The lowest BCUT2D eigenvalue weighted by atomic mass is 10.5. The Labute approximate surface area is 87.4 Å². The molecule has 0 N–H and O–H groups in total. The fraction of sp³-hybridized carbons (Fsp3) is 0.667. The second-order valence-electron chi connectivity index (χ2n) is 2.14. The van der Waals surface area contributed by atoms with Crippen LogP contribution < -0.4 is 0 Å². The fourth-order valence-corrected chi connectivity index (χ4v) is 1.32. The van der Waals surface area contributed by atoms with Crippen LogP contribution >= 0.6 is 39.9 Å². The molecule has 6 heteroatoms. The van der Waals surface area contributed by atoms with Gasteiger partial charge in [-0.2, -0.15) is 0 Å². The number of halogens is 3. The molecule has 0 rings (SSSR count). The quantitative estimate of drug-likeness (QED) is 0.702. The standard InChI is InChI=1S/C6H11Cl3NOP/c1-3-10(4-2)5-6(7)12(8,9)11/h5H,3-4H2,1-2H3/b6-5+. The average molecular weight is 250 g/mol. The summed E-state index contributed by atoms with van der Waals surface area (Å²) in [5.74, 6) is -3.31. The Morgan fingerprint density at radius 1 is 1.42 bits per heavy atom. The van der Waals surface area contributed by atoms with E-state index in [9.17, 15) is 4.57 Å².